The van der Waals surface area contributed by atoms with Crippen molar-refractivity contribution in [3.63, 3.8) is 0 Å². The Bertz CT molecular complexity index is 966. The molecule has 0 saturated heterocycles. The number of hydrogen-bond donors (Lipinski definition) is 1. The Balaban J connectivity index is 1.57. The quantitative estimate of drug-likeness (QED) is 0.512. The van der Waals surface area contributed by atoms with E-state index < -0.39 is 0 Å². The van der Waals surface area contributed by atoms with Crippen LogP contribution in [0.1, 0.15) is 30.7 Å². The first-order valence-corrected chi connectivity index (χ1v) is 9.88. The van der Waals surface area contributed by atoms with Crippen LogP contribution < -0.4 is 15.3 Å². The first-order valence-electron chi connectivity index (χ1n) is 8.89. The van der Waals surface area contributed by atoms with E-state index in [4.69, 9.17) is 19.7 Å². The molecule has 2 aromatic heterocycles. The Hall–Kier alpha value is -2.61. The average Bonchev–Trinajstić information content (AvgIpc) is 3.31. The van der Waals surface area contributed by atoms with Gasteiger partial charge in [-0.05, 0) is 39.0 Å². The lowest BCUT2D eigenvalue weighted by molar-refractivity contribution is 0.254. The standard InChI is InChI=1S/C19H22N4O3S/c1-4-24-16-8-13-7-11(2)26-17(13)9-14(16)10-27-19-22-21-18(23(19)20)15-5-6-25-12(15)3/h5-6,8-9,11H,4,7,10,20H2,1-3H3. The fourth-order valence-corrected chi connectivity index (χ4v) is 4.04. The third-order valence-corrected chi connectivity index (χ3v) is 5.49. The van der Waals surface area contributed by atoms with Gasteiger partial charge in [0, 0.05) is 23.3 Å². The van der Waals surface area contributed by atoms with Crippen molar-refractivity contribution in [1.29, 1.82) is 0 Å². The second-order valence-electron chi connectivity index (χ2n) is 6.49. The Morgan fingerprint density at radius 1 is 1.37 bits per heavy atom. The summed E-state index contributed by atoms with van der Waals surface area (Å²) in [6.07, 6.45) is 2.73. The molecule has 1 aliphatic heterocycles. The van der Waals surface area contributed by atoms with Gasteiger partial charge in [-0.15, -0.1) is 10.2 Å². The van der Waals surface area contributed by atoms with Crippen molar-refractivity contribution < 1.29 is 13.9 Å². The average molecular weight is 386 g/mol. The highest BCUT2D eigenvalue weighted by Crippen LogP contribution is 2.37. The minimum absolute atomic E-state index is 0.199. The smallest absolute Gasteiger partial charge is 0.210 e. The van der Waals surface area contributed by atoms with E-state index in [1.807, 2.05) is 19.9 Å². The maximum Gasteiger partial charge on any atom is 0.210 e. The Labute approximate surface area is 161 Å². The van der Waals surface area contributed by atoms with Gasteiger partial charge >= 0.3 is 0 Å². The molecule has 1 atom stereocenters. The molecule has 3 aromatic rings. The van der Waals surface area contributed by atoms with E-state index in [-0.39, 0.29) is 6.10 Å². The molecule has 0 saturated carbocycles. The van der Waals surface area contributed by atoms with E-state index in [9.17, 15) is 0 Å². The molecule has 0 fully saturated rings. The fraction of sp³-hybridized carbons (Fsp3) is 0.368. The number of nitrogens with two attached hydrogens (primary N) is 1. The summed E-state index contributed by atoms with van der Waals surface area (Å²) < 4.78 is 18.6. The zero-order valence-corrected chi connectivity index (χ0v) is 16.4. The first kappa shape index (κ1) is 17.8. The molecule has 27 heavy (non-hydrogen) atoms. The Morgan fingerprint density at radius 3 is 2.96 bits per heavy atom. The molecule has 0 bridgehead atoms. The monoisotopic (exact) mass is 386 g/mol. The number of fused-ring (bicyclic) bond motifs is 1. The summed E-state index contributed by atoms with van der Waals surface area (Å²) >= 11 is 1.51. The van der Waals surface area contributed by atoms with Gasteiger partial charge in [0.1, 0.15) is 23.4 Å². The van der Waals surface area contributed by atoms with Crippen LogP contribution in [-0.2, 0) is 12.2 Å². The number of thioether (sulfide) groups is 1. The van der Waals surface area contributed by atoms with Crippen LogP contribution in [0.2, 0.25) is 0 Å². The van der Waals surface area contributed by atoms with Crippen molar-refractivity contribution in [2.75, 3.05) is 12.4 Å². The number of furan rings is 1. The number of nitrogen functional groups attached to an aromatic ring is 1. The van der Waals surface area contributed by atoms with E-state index in [2.05, 4.69) is 29.3 Å². The molecular weight excluding hydrogens is 364 g/mol. The summed E-state index contributed by atoms with van der Waals surface area (Å²) in [5.74, 6) is 10.0. The number of nitrogens with zero attached hydrogens (tertiary/aromatic N) is 3. The number of rotatable bonds is 6. The molecule has 0 amide bonds. The zero-order valence-electron chi connectivity index (χ0n) is 15.6. The molecule has 8 heteroatoms. The summed E-state index contributed by atoms with van der Waals surface area (Å²) in [4.78, 5) is 0. The maximum atomic E-state index is 6.21. The number of aryl methyl sites for hydroxylation is 1. The molecule has 3 heterocycles. The fourth-order valence-electron chi connectivity index (χ4n) is 3.20. The minimum atomic E-state index is 0.199. The summed E-state index contributed by atoms with van der Waals surface area (Å²) in [5, 5.41) is 9.06. The zero-order chi connectivity index (χ0) is 19.0. The number of ether oxygens (including phenoxy) is 2. The van der Waals surface area contributed by atoms with Gasteiger partial charge in [-0.3, -0.25) is 0 Å². The normalized spacial score (nSPS) is 15.6. The molecule has 2 N–H and O–H groups in total. The SMILES string of the molecule is CCOc1cc2c(cc1CSc1nnc(-c3ccoc3C)n1N)OC(C)C2. The second-order valence-corrected chi connectivity index (χ2v) is 7.43. The van der Waals surface area contributed by atoms with Gasteiger partial charge in [0.2, 0.25) is 5.16 Å². The topological polar surface area (TPSA) is 88.3 Å². The van der Waals surface area contributed by atoms with Crippen LogP contribution in [-0.4, -0.2) is 27.6 Å². The van der Waals surface area contributed by atoms with Crippen molar-refractivity contribution in [3.8, 4) is 22.9 Å². The third-order valence-electron chi connectivity index (χ3n) is 4.50. The highest BCUT2D eigenvalue weighted by molar-refractivity contribution is 7.98. The summed E-state index contributed by atoms with van der Waals surface area (Å²) in [5.41, 5.74) is 3.09. The number of hydrogen-bond acceptors (Lipinski definition) is 7. The molecule has 1 aromatic carbocycles. The van der Waals surface area contributed by atoms with Crippen LogP contribution in [0.3, 0.4) is 0 Å². The van der Waals surface area contributed by atoms with Crippen molar-refractivity contribution in [2.45, 2.75) is 44.2 Å². The van der Waals surface area contributed by atoms with Gasteiger partial charge in [0.25, 0.3) is 0 Å². The van der Waals surface area contributed by atoms with Crippen LogP contribution >= 0.6 is 11.8 Å². The first-order chi connectivity index (χ1) is 13.1. The highest BCUT2D eigenvalue weighted by atomic mass is 32.2. The van der Waals surface area contributed by atoms with Crippen molar-refractivity contribution in [2.24, 2.45) is 0 Å². The number of benzene rings is 1. The second kappa shape index (κ2) is 7.19. The van der Waals surface area contributed by atoms with Crippen LogP contribution in [0.4, 0.5) is 0 Å². The highest BCUT2D eigenvalue weighted by Gasteiger charge is 2.22. The van der Waals surface area contributed by atoms with Crippen molar-refractivity contribution in [3.05, 3.63) is 41.3 Å². The summed E-state index contributed by atoms with van der Waals surface area (Å²) in [7, 11) is 0. The van der Waals surface area contributed by atoms with Gasteiger partial charge in [0.15, 0.2) is 5.82 Å². The molecule has 142 valence electrons. The van der Waals surface area contributed by atoms with E-state index in [0.717, 1.165) is 34.8 Å². The van der Waals surface area contributed by atoms with Gasteiger partial charge < -0.3 is 19.7 Å². The molecule has 7 nitrogen and oxygen atoms in total. The van der Waals surface area contributed by atoms with Gasteiger partial charge in [0.05, 0.1) is 18.4 Å². The predicted octanol–water partition coefficient (Wildman–Crippen LogP) is 3.57. The van der Waals surface area contributed by atoms with Crippen LogP contribution in [0.25, 0.3) is 11.4 Å². The predicted molar refractivity (Wildman–Crippen MR) is 104 cm³/mol. The third kappa shape index (κ3) is 3.37. The van der Waals surface area contributed by atoms with E-state index >= 15 is 0 Å². The molecule has 1 aliphatic rings. The van der Waals surface area contributed by atoms with Crippen LogP contribution in [0.5, 0.6) is 11.5 Å². The minimum Gasteiger partial charge on any atom is -0.494 e. The molecule has 0 radical (unpaired) electrons. The lowest BCUT2D eigenvalue weighted by atomic mass is 10.1. The molecule has 0 spiro atoms. The van der Waals surface area contributed by atoms with E-state index in [0.29, 0.717) is 23.3 Å². The van der Waals surface area contributed by atoms with Gasteiger partial charge in [-0.2, -0.15) is 0 Å². The molecule has 0 aliphatic carbocycles. The summed E-state index contributed by atoms with van der Waals surface area (Å²) in [6.45, 7) is 6.55. The lowest BCUT2D eigenvalue weighted by Crippen LogP contribution is -2.11. The van der Waals surface area contributed by atoms with Crippen molar-refractivity contribution >= 4 is 11.8 Å². The molecule has 1 unspecified atom stereocenters. The van der Waals surface area contributed by atoms with Crippen LogP contribution in [0, 0.1) is 6.92 Å². The van der Waals surface area contributed by atoms with E-state index in [1.54, 1.807) is 6.26 Å². The lowest BCUT2D eigenvalue weighted by Gasteiger charge is -2.12. The number of aromatic nitrogens is 3. The Kier molecular flexibility index (Phi) is 4.73. The van der Waals surface area contributed by atoms with Crippen molar-refractivity contribution in [1.82, 2.24) is 14.9 Å². The molecular formula is C19H22N4O3S. The van der Waals surface area contributed by atoms with Crippen LogP contribution in [0.15, 0.2) is 34.0 Å². The van der Waals surface area contributed by atoms with Gasteiger partial charge in [-0.1, -0.05) is 11.8 Å². The molecule has 4 rings (SSSR count). The van der Waals surface area contributed by atoms with Gasteiger partial charge in [-0.25, -0.2) is 4.68 Å². The maximum absolute atomic E-state index is 6.21. The van der Waals surface area contributed by atoms with E-state index in [1.165, 1.54) is 22.0 Å². The summed E-state index contributed by atoms with van der Waals surface area (Å²) in [6, 6.07) is 5.99. The Morgan fingerprint density at radius 2 is 2.22 bits per heavy atom. The largest absolute Gasteiger partial charge is 0.494 e.